The van der Waals surface area contributed by atoms with Crippen molar-refractivity contribution in [2.75, 3.05) is 7.11 Å². The van der Waals surface area contributed by atoms with E-state index in [1.54, 1.807) is 13.3 Å². The maximum atomic E-state index is 6.30. The van der Waals surface area contributed by atoms with Crippen molar-refractivity contribution in [3.05, 3.63) is 59.9 Å². The van der Waals surface area contributed by atoms with E-state index >= 15 is 0 Å². The summed E-state index contributed by atoms with van der Waals surface area (Å²) < 4.78 is 5.22. The van der Waals surface area contributed by atoms with Gasteiger partial charge in [0.25, 0.3) is 0 Å². The Balaban J connectivity index is 2.22. The van der Waals surface area contributed by atoms with E-state index in [-0.39, 0.29) is 12.0 Å². The summed E-state index contributed by atoms with van der Waals surface area (Å²) in [4.78, 5) is 4.36. The first kappa shape index (κ1) is 12.6. The first-order valence-corrected chi connectivity index (χ1v) is 6.03. The molecule has 0 bridgehead atoms. The fourth-order valence-corrected chi connectivity index (χ4v) is 1.97. The van der Waals surface area contributed by atoms with Gasteiger partial charge in [0, 0.05) is 23.9 Å². The topological polar surface area (TPSA) is 48.1 Å². The van der Waals surface area contributed by atoms with Gasteiger partial charge in [-0.2, -0.15) is 0 Å². The Hall–Kier alpha value is -1.87. The summed E-state index contributed by atoms with van der Waals surface area (Å²) in [6.07, 6.45) is 1.80. The minimum Gasteiger partial charge on any atom is -0.497 e. The highest BCUT2D eigenvalue weighted by Crippen LogP contribution is 2.28. The summed E-state index contributed by atoms with van der Waals surface area (Å²) in [5.41, 5.74) is 8.37. The van der Waals surface area contributed by atoms with E-state index in [0.717, 1.165) is 17.0 Å². The van der Waals surface area contributed by atoms with Gasteiger partial charge >= 0.3 is 0 Å². The Morgan fingerprint density at radius 3 is 2.67 bits per heavy atom. The van der Waals surface area contributed by atoms with Gasteiger partial charge < -0.3 is 10.5 Å². The molecule has 3 nitrogen and oxygen atoms in total. The zero-order valence-electron chi connectivity index (χ0n) is 10.7. The fraction of sp³-hybridized carbons (Fsp3) is 0.267. The highest BCUT2D eigenvalue weighted by Gasteiger charge is 2.17. The second-order valence-corrected chi connectivity index (χ2v) is 4.35. The van der Waals surface area contributed by atoms with Crippen molar-refractivity contribution in [1.82, 2.24) is 4.98 Å². The van der Waals surface area contributed by atoms with Crippen molar-refractivity contribution in [3.63, 3.8) is 0 Å². The molecule has 0 fully saturated rings. The van der Waals surface area contributed by atoms with Crippen LogP contribution >= 0.6 is 0 Å². The van der Waals surface area contributed by atoms with Crippen molar-refractivity contribution < 1.29 is 4.74 Å². The van der Waals surface area contributed by atoms with Gasteiger partial charge in [0.15, 0.2) is 0 Å². The van der Waals surface area contributed by atoms with E-state index in [0.29, 0.717) is 0 Å². The second-order valence-electron chi connectivity index (χ2n) is 4.35. The molecule has 2 unspecified atom stereocenters. The quantitative estimate of drug-likeness (QED) is 0.896. The van der Waals surface area contributed by atoms with Gasteiger partial charge in [-0.25, -0.2) is 0 Å². The van der Waals surface area contributed by atoms with Crippen LogP contribution in [0.3, 0.4) is 0 Å². The van der Waals surface area contributed by atoms with Gasteiger partial charge in [-0.1, -0.05) is 25.1 Å². The van der Waals surface area contributed by atoms with E-state index in [4.69, 9.17) is 10.5 Å². The van der Waals surface area contributed by atoms with Crippen molar-refractivity contribution >= 4 is 0 Å². The third-order valence-corrected chi connectivity index (χ3v) is 3.17. The van der Waals surface area contributed by atoms with Crippen LogP contribution in [0.15, 0.2) is 48.7 Å². The van der Waals surface area contributed by atoms with Crippen LogP contribution in [0, 0.1) is 0 Å². The molecule has 2 N–H and O–H groups in total. The smallest absolute Gasteiger partial charge is 0.119 e. The molecule has 3 heteroatoms. The van der Waals surface area contributed by atoms with E-state index in [1.807, 2.05) is 42.5 Å². The molecule has 1 aromatic carbocycles. The molecule has 0 aliphatic carbocycles. The molecule has 2 rings (SSSR count). The van der Waals surface area contributed by atoms with Crippen molar-refractivity contribution in [1.29, 1.82) is 0 Å². The number of rotatable bonds is 4. The monoisotopic (exact) mass is 242 g/mol. The molecule has 2 aromatic rings. The summed E-state index contributed by atoms with van der Waals surface area (Å²) >= 11 is 0. The van der Waals surface area contributed by atoms with Gasteiger partial charge in [0.1, 0.15) is 5.75 Å². The summed E-state index contributed by atoms with van der Waals surface area (Å²) in [5.74, 6) is 0.995. The minimum atomic E-state index is -0.0880. The predicted molar refractivity (Wildman–Crippen MR) is 72.6 cm³/mol. The SMILES string of the molecule is COc1cccc(C(N)C(C)c2ccccn2)c1. The molecule has 0 amide bonds. The van der Waals surface area contributed by atoms with Gasteiger partial charge in [-0.05, 0) is 29.8 Å². The van der Waals surface area contributed by atoms with Crippen LogP contribution in [-0.4, -0.2) is 12.1 Å². The summed E-state index contributed by atoms with van der Waals surface area (Å²) in [6, 6.07) is 13.7. The molecule has 1 aromatic heterocycles. The van der Waals surface area contributed by atoms with Crippen LogP contribution < -0.4 is 10.5 Å². The van der Waals surface area contributed by atoms with Gasteiger partial charge in [-0.3, -0.25) is 4.98 Å². The van der Waals surface area contributed by atoms with Crippen molar-refractivity contribution in [3.8, 4) is 5.75 Å². The van der Waals surface area contributed by atoms with E-state index in [1.165, 1.54) is 0 Å². The first-order valence-electron chi connectivity index (χ1n) is 6.03. The lowest BCUT2D eigenvalue weighted by Crippen LogP contribution is -2.18. The molecule has 1 heterocycles. The Morgan fingerprint density at radius 2 is 2.00 bits per heavy atom. The maximum absolute atomic E-state index is 6.30. The predicted octanol–water partition coefficient (Wildman–Crippen LogP) is 2.89. The standard InChI is InChI=1S/C15H18N2O/c1-11(14-8-3-4-9-17-14)15(16)12-6-5-7-13(10-12)18-2/h3-11,15H,16H2,1-2H3. The number of methoxy groups -OCH3 is 1. The number of nitrogens with zero attached hydrogens (tertiary/aromatic N) is 1. The van der Waals surface area contributed by atoms with Gasteiger partial charge in [-0.15, -0.1) is 0 Å². The van der Waals surface area contributed by atoms with E-state index in [2.05, 4.69) is 11.9 Å². The lowest BCUT2D eigenvalue weighted by Gasteiger charge is -2.20. The Bertz CT molecular complexity index is 499. The van der Waals surface area contributed by atoms with Crippen LogP contribution in [0.25, 0.3) is 0 Å². The lowest BCUT2D eigenvalue weighted by atomic mass is 9.92. The molecular formula is C15H18N2O. The first-order chi connectivity index (χ1) is 8.72. The van der Waals surface area contributed by atoms with Gasteiger partial charge in [0.05, 0.1) is 7.11 Å². The van der Waals surface area contributed by atoms with E-state index < -0.39 is 0 Å². The highest BCUT2D eigenvalue weighted by atomic mass is 16.5. The number of ether oxygens (including phenoxy) is 1. The molecule has 2 atom stereocenters. The Morgan fingerprint density at radius 1 is 1.17 bits per heavy atom. The number of nitrogens with two attached hydrogens (primary N) is 1. The molecule has 0 saturated heterocycles. The van der Waals surface area contributed by atoms with Crippen LogP contribution in [0.2, 0.25) is 0 Å². The Labute approximate surface area is 108 Å². The second kappa shape index (κ2) is 5.65. The number of benzene rings is 1. The molecule has 0 saturated carbocycles. The number of pyridine rings is 1. The molecular weight excluding hydrogens is 224 g/mol. The molecule has 0 aliphatic heterocycles. The van der Waals surface area contributed by atoms with E-state index in [9.17, 15) is 0 Å². The lowest BCUT2D eigenvalue weighted by molar-refractivity contribution is 0.413. The van der Waals surface area contributed by atoms with Crippen LogP contribution in [0.4, 0.5) is 0 Å². The summed E-state index contributed by atoms with van der Waals surface area (Å²) in [6.45, 7) is 2.09. The maximum Gasteiger partial charge on any atom is 0.119 e. The molecule has 0 aliphatic rings. The van der Waals surface area contributed by atoms with Crippen LogP contribution in [-0.2, 0) is 0 Å². The molecule has 0 radical (unpaired) electrons. The zero-order chi connectivity index (χ0) is 13.0. The van der Waals surface area contributed by atoms with Crippen molar-refractivity contribution in [2.24, 2.45) is 5.73 Å². The average molecular weight is 242 g/mol. The zero-order valence-corrected chi connectivity index (χ0v) is 10.7. The third kappa shape index (κ3) is 2.68. The Kier molecular flexibility index (Phi) is 3.95. The largest absolute Gasteiger partial charge is 0.497 e. The van der Waals surface area contributed by atoms with Crippen LogP contribution in [0.1, 0.15) is 30.1 Å². The normalized spacial score (nSPS) is 13.9. The van der Waals surface area contributed by atoms with Gasteiger partial charge in [0.2, 0.25) is 0 Å². The number of hydrogen-bond donors (Lipinski definition) is 1. The third-order valence-electron chi connectivity index (χ3n) is 3.17. The average Bonchev–Trinajstić information content (AvgIpc) is 2.46. The fourth-order valence-electron chi connectivity index (χ4n) is 1.97. The summed E-state index contributed by atoms with van der Waals surface area (Å²) in [7, 11) is 1.66. The number of aromatic nitrogens is 1. The van der Waals surface area contributed by atoms with Crippen LogP contribution in [0.5, 0.6) is 5.75 Å². The molecule has 94 valence electrons. The minimum absolute atomic E-state index is 0.0880. The molecule has 18 heavy (non-hydrogen) atoms. The number of hydrogen-bond acceptors (Lipinski definition) is 3. The highest BCUT2D eigenvalue weighted by molar-refractivity contribution is 5.32. The van der Waals surface area contributed by atoms with Crippen molar-refractivity contribution in [2.45, 2.75) is 18.9 Å². The summed E-state index contributed by atoms with van der Waals surface area (Å²) in [5, 5.41) is 0. The molecule has 0 spiro atoms.